The molecule has 3 rings (SSSR count). The Morgan fingerprint density at radius 3 is 2.78 bits per heavy atom. The molecular weight excluding hydrogens is 306 g/mol. The third kappa shape index (κ3) is 3.62. The summed E-state index contributed by atoms with van der Waals surface area (Å²) >= 11 is 1.60. The first-order valence-electron chi connectivity index (χ1n) is 8.07. The van der Waals surface area contributed by atoms with Crippen molar-refractivity contribution in [2.24, 2.45) is 11.7 Å². The van der Waals surface area contributed by atoms with Crippen LogP contribution in [0.15, 0.2) is 29.6 Å². The van der Waals surface area contributed by atoms with E-state index in [1.807, 2.05) is 10.3 Å². The lowest BCUT2D eigenvalue weighted by molar-refractivity contribution is -0.131. The maximum atomic E-state index is 12.5. The van der Waals surface area contributed by atoms with E-state index in [2.05, 4.69) is 43.1 Å². The van der Waals surface area contributed by atoms with Crippen LogP contribution in [0.5, 0.6) is 0 Å². The van der Waals surface area contributed by atoms with Crippen LogP contribution in [0.3, 0.4) is 0 Å². The lowest BCUT2D eigenvalue weighted by Gasteiger charge is -2.21. The standard InChI is InChI=1S/C18H23N3OS/c1-12-3-5-15(6-4-12)18-20-16(11-23-18)8-17(22)21-10-14(9-19)7-13(21)2/h3-6,11,13-14H,7-10,19H2,1-2H3. The van der Waals surface area contributed by atoms with Gasteiger partial charge in [0.1, 0.15) is 5.01 Å². The van der Waals surface area contributed by atoms with Crippen molar-refractivity contribution < 1.29 is 4.79 Å². The van der Waals surface area contributed by atoms with Crippen molar-refractivity contribution in [1.29, 1.82) is 0 Å². The van der Waals surface area contributed by atoms with E-state index < -0.39 is 0 Å². The van der Waals surface area contributed by atoms with Gasteiger partial charge in [-0.05, 0) is 32.7 Å². The molecule has 4 nitrogen and oxygen atoms in total. The molecule has 1 amide bonds. The van der Waals surface area contributed by atoms with Crippen molar-refractivity contribution in [1.82, 2.24) is 9.88 Å². The molecule has 1 aromatic carbocycles. The molecule has 0 aliphatic carbocycles. The van der Waals surface area contributed by atoms with Crippen molar-refractivity contribution in [2.45, 2.75) is 32.7 Å². The van der Waals surface area contributed by atoms with Gasteiger partial charge in [-0.3, -0.25) is 4.79 Å². The van der Waals surface area contributed by atoms with E-state index in [1.54, 1.807) is 11.3 Å². The molecule has 2 aromatic rings. The molecule has 2 unspecified atom stereocenters. The minimum absolute atomic E-state index is 0.161. The molecule has 0 spiro atoms. The Kier molecular flexibility index (Phi) is 4.78. The maximum absolute atomic E-state index is 12.5. The first-order valence-corrected chi connectivity index (χ1v) is 8.95. The van der Waals surface area contributed by atoms with E-state index >= 15 is 0 Å². The molecule has 2 heterocycles. The molecule has 1 aromatic heterocycles. The van der Waals surface area contributed by atoms with Crippen LogP contribution in [-0.2, 0) is 11.2 Å². The van der Waals surface area contributed by atoms with Crippen LogP contribution in [-0.4, -0.2) is 34.9 Å². The first-order chi connectivity index (χ1) is 11.1. The Hall–Kier alpha value is -1.72. The first kappa shape index (κ1) is 16.1. The fourth-order valence-electron chi connectivity index (χ4n) is 3.13. The minimum Gasteiger partial charge on any atom is -0.339 e. The SMILES string of the molecule is Cc1ccc(-c2nc(CC(=O)N3CC(CN)CC3C)cs2)cc1. The van der Waals surface area contributed by atoms with Crippen LogP contribution in [0, 0.1) is 12.8 Å². The predicted octanol–water partition coefficient (Wildman–Crippen LogP) is 2.86. The molecule has 122 valence electrons. The molecule has 1 aliphatic heterocycles. The summed E-state index contributed by atoms with van der Waals surface area (Å²) in [5, 5.41) is 2.97. The third-order valence-corrected chi connectivity index (χ3v) is 5.44. The van der Waals surface area contributed by atoms with Crippen LogP contribution < -0.4 is 5.73 Å². The fraction of sp³-hybridized carbons (Fsp3) is 0.444. The summed E-state index contributed by atoms with van der Waals surface area (Å²) in [6, 6.07) is 8.61. The quantitative estimate of drug-likeness (QED) is 0.938. The van der Waals surface area contributed by atoms with Gasteiger partial charge in [0.15, 0.2) is 0 Å². The molecule has 0 radical (unpaired) electrons. The monoisotopic (exact) mass is 329 g/mol. The summed E-state index contributed by atoms with van der Waals surface area (Å²) in [4.78, 5) is 19.1. The smallest absolute Gasteiger partial charge is 0.228 e. The number of nitrogens with two attached hydrogens (primary N) is 1. The second-order valence-electron chi connectivity index (χ2n) is 6.42. The number of aryl methyl sites for hydroxylation is 1. The number of aromatic nitrogens is 1. The van der Waals surface area contributed by atoms with Crippen molar-refractivity contribution in [2.75, 3.05) is 13.1 Å². The Morgan fingerprint density at radius 2 is 2.13 bits per heavy atom. The van der Waals surface area contributed by atoms with E-state index in [0.717, 1.165) is 29.2 Å². The minimum atomic E-state index is 0.161. The highest BCUT2D eigenvalue weighted by Crippen LogP contribution is 2.26. The zero-order chi connectivity index (χ0) is 16.4. The summed E-state index contributed by atoms with van der Waals surface area (Å²) in [6.07, 6.45) is 1.39. The summed E-state index contributed by atoms with van der Waals surface area (Å²) in [5.41, 5.74) is 8.94. The fourth-order valence-corrected chi connectivity index (χ4v) is 3.96. The van der Waals surface area contributed by atoms with E-state index in [9.17, 15) is 4.79 Å². The number of hydrogen-bond acceptors (Lipinski definition) is 4. The Labute approximate surface area is 141 Å². The number of nitrogens with zero attached hydrogens (tertiary/aromatic N) is 2. The Bertz CT molecular complexity index is 680. The molecule has 0 saturated carbocycles. The van der Waals surface area contributed by atoms with Crippen molar-refractivity contribution >= 4 is 17.2 Å². The number of rotatable bonds is 4. The maximum Gasteiger partial charge on any atom is 0.228 e. The molecule has 5 heteroatoms. The molecule has 1 fully saturated rings. The van der Waals surface area contributed by atoms with Crippen molar-refractivity contribution in [3.63, 3.8) is 0 Å². The van der Waals surface area contributed by atoms with E-state index in [0.29, 0.717) is 18.9 Å². The van der Waals surface area contributed by atoms with Crippen LogP contribution in [0.25, 0.3) is 10.6 Å². The zero-order valence-electron chi connectivity index (χ0n) is 13.7. The highest BCUT2D eigenvalue weighted by Gasteiger charge is 2.31. The average Bonchev–Trinajstić information content (AvgIpc) is 3.14. The molecule has 2 atom stereocenters. The number of hydrogen-bond donors (Lipinski definition) is 1. The number of benzene rings is 1. The highest BCUT2D eigenvalue weighted by molar-refractivity contribution is 7.13. The van der Waals surface area contributed by atoms with Gasteiger partial charge in [-0.15, -0.1) is 11.3 Å². The van der Waals surface area contributed by atoms with Crippen LogP contribution >= 0.6 is 11.3 Å². The summed E-state index contributed by atoms with van der Waals surface area (Å²) in [6.45, 7) is 5.61. The van der Waals surface area contributed by atoms with Gasteiger partial charge < -0.3 is 10.6 Å². The van der Waals surface area contributed by atoms with Crippen molar-refractivity contribution in [3.8, 4) is 10.6 Å². The van der Waals surface area contributed by atoms with Gasteiger partial charge in [0.05, 0.1) is 12.1 Å². The molecule has 2 N–H and O–H groups in total. The summed E-state index contributed by atoms with van der Waals surface area (Å²) in [7, 11) is 0. The van der Waals surface area contributed by atoms with Crippen molar-refractivity contribution in [3.05, 3.63) is 40.9 Å². The van der Waals surface area contributed by atoms with Crippen LogP contribution in [0.1, 0.15) is 24.6 Å². The lowest BCUT2D eigenvalue weighted by Crippen LogP contribution is -2.35. The lowest BCUT2D eigenvalue weighted by atomic mass is 10.1. The largest absolute Gasteiger partial charge is 0.339 e. The van der Waals surface area contributed by atoms with Gasteiger partial charge >= 0.3 is 0 Å². The summed E-state index contributed by atoms with van der Waals surface area (Å²) < 4.78 is 0. The van der Waals surface area contributed by atoms with Gasteiger partial charge in [0, 0.05) is 23.5 Å². The Balaban J connectivity index is 1.67. The predicted molar refractivity (Wildman–Crippen MR) is 94.3 cm³/mol. The highest BCUT2D eigenvalue weighted by atomic mass is 32.1. The van der Waals surface area contributed by atoms with Gasteiger partial charge in [-0.25, -0.2) is 4.98 Å². The van der Waals surface area contributed by atoms with Crippen LogP contribution in [0.4, 0.5) is 0 Å². The number of carbonyl (C=O) groups is 1. The molecule has 1 aliphatic rings. The van der Waals surface area contributed by atoms with E-state index in [1.165, 1.54) is 5.56 Å². The average molecular weight is 329 g/mol. The van der Waals surface area contributed by atoms with Crippen LogP contribution in [0.2, 0.25) is 0 Å². The molecular formula is C18H23N3OS. The third-order valence-electron chi connectivity index (χ3n) is 4.50. The second-order valence-corrected chi connectivity index (χ2v) is 7.28. The molecule has 0 bridgehead atoms. The van der Waals surface area contributed by atoms with E-state index in [4.69, 9.17) is 5.73 Å². The number of likely N-dealkylation sites (tertiary alicyclic amines) is 1. The van der Waals surface area contributed by atoms with Gasteiger partial charge in [0.2, 0.25) is 5.91 Å². The van der Waals surface area contributed by atoms with Gasteiger partial charge in [-0.1, -0.05) is 29.8 Å². The normalized spacial score (nSPS) is 20.9. The molecule has 23 heavy (non-hydrogen) atoms. The number of thiazole rings is 1. The van der Waals surface area contributed by atoms with E-state index in [-0.39, 0.29) is 11.9 Å². The Morgan fingerprint density at radius 1 is 1.39 bits per heavy atom. The number of amides is 1. The number of carbonyl (C=O) groups excluding carboxylic acids is 1. The second kappa shape index (κ2) is 6.81. The summed E-state index contributed by atoms with van der Waals surface area (Å²) in [5.74, 6) is 0.599. The zero-order valence-corrected chi connectivity index (χ0v) is 14.5. The molecule has 1 saturated heterocycles. The topological polar surface area (TPSA) is 59.2 Å². The van der Waals surface area contributed by atoms with Gasteiger partial charge in [0.25, 0.3) is 0 Å². The van der Waals surface area contributed by atoms with Gasteiger partial charge in [-0.2, -0.15) is 0 Å².